The van der Waals surface area contributed by atoms with E-state index in [2.05, 4.69) is 17.2 Å². The molecule has 0 saturated carbocycles. The first kappa shape index (κ1) is 19.1. The summed E-state index contributed by atoms with van der Waals surface area (Å²) < 4.78 is 7.30. The van der Waals surface area contributed by atoms with E-state index in [1.54, 1.807) is 17.2 Å². The van der Waals surface area contributed by atoms with Gasteiger partial charge in [-0.15, -0.1) is 0 Å². The quantitative estimate of drug-likeness (QED) is 0.510. The van der Waals surface area contributed by atoms with Gasteiger partial charge in [0.25, 0.3) is 5.91 Å². The van der Waals surface area contributed by atoms with Crippen LogP contribution in [0.1, 0.15) is 30.7 Å². The molecule has 2 amide bonds. The maximum Gasteiger partial charge on any atom is 0.253 e. The number of rotatable bonds is 6. The second-order valence-corrected chi connectivity index (χ2v) is 7.59. The van der Waals surface area contributed by atoms with Crippen molar-refractivity contribution in [3.63, 3.8) is 0 Å². The minimum atomic E-state index is -0.660. The summed E-state index contributed by atoms with van der Waals surface area (Å²) in [5, 5.41) is 2.91. The molecule has 31 heavy (non-hydrogen) atoms. The number of carbonyl (C=O) groups is 2. The Bertz CT molecular complexity index is 1240. The van der Waals surface area contributed by atoms with Crippen molar-refractivity contribution in [2.24, 2.45) is 0 Å². The van der Waals surface area contributed by atoms with Crippen molar-refractivity contribution in [3.05, 3.63) is 78.3 Å². The maximum absolute atomic E-state index is 13.3. The largest absolute Gasteiger partial charge is 0.467 e. The number of nitrogens with zero attached hydrogens (tertiary/aromatic N) is 3. The lowest BCUT2D eigenvalue weighted by Crippen LogP contribution is -2.31. The van der Waals surface area contributed by atoms with Crippen molar-refractivity contribution in [2.75, 3.05) is 10.2 Å². The van der Waals surface area contributed by atoms with E-state index in [0.29, 0.717) is 11.7 Å². The SMILES string of the molecule is CCc1ccc(NC(=O)C[C@H]2C(=O)N(Cc3ccco3)c3nc4ccccc4n32)cc1. The highest BCUT2D eigenvalue weighted by molar-refractivity contribution is 6.05. The molecule has 2 aromatic carbocycles. The third-order valence-corrected chi connectivity index (χ3v) is 5.60. The van der Waals surface area contributed by atoms with Crippen LogP contribution in [0.25, 0.3) is 11.0 Å². The summed E-state index contributed by atoms with van der Waals surface area (Å²) in [7, 11) is 0. The number of benzene rings is 2. The molecule has 0 bridgehead atoms. The predicted octanol–water partition coefficient (Wildman–Crippen LogP) is 4.31. The van der Waals surface area contributed by atoms with E-state index in [9.17, 15) is 9.59 Å². The van der Waals surface area contributed by atoms with Gasteiger partial charge in [0.15, 0.2) is 0 Å². The van der Waals surface area contributed by atoms with Crippen molar-refractivity contribution in [1.29, 1.82) is 0 Å². The Hall–Kier alpha value is -3.87. The molecule has 0 aliphatic carbocycles. The molecule has 0 spiro atoms. The number of nitrogens with one attached hydrogen (secondary N) is 1. The number of amides is 2. The molecular weight excluding hydrogens is 392 g/mol. The van der Waals surface area contributed by atoms with Crippen LogP contribution in [0.3, 0.4) is 0 Å². The van der Waals surface area contributed by atoms with Crippen LogP contribution in [0.5, 0.6) is 0 Å². The lowest BCUT2D eigenvalue weighted by atomic mass is 10.1. The number of hydrogen-bond acceptors (Lipinski definition) is 4. The van der Waals surface area contributed by atoms with E-state index >= 15 is 0 Å². The summed E-state index contributed by atoms with van der Waals surface area (Å²) in [6, 6.07) is 18.3. The van der Waals surface area contributed by atoms with Gasteiger partial charge in [-0.25, -0.2) is 4.98 Å². The topological polar surface area (TPSA) is 80.4 Å². The van der Waals surface area contributed by atoms with Crippen LogP contribution in [0.4, 0.5) is 11.6 Å². The van der Waals surface area contributed by atoms with Gasteiger partial charge >= 0.3 is 0 Å². The van der Waals surface area contributed by atoms with Crippen LogP contribution in [0.15, 0.2) is 71.3 Å². The molecule has 5 rings (SSSR count). The number of hydrogen-bond donors (Lipinski definition) is 1. The number of carbonyl (C=O) groups excluding carboxylic acids is 2. The zero-order chi connectivity index (χ0) is 21.4. The smallest absolute Gasteiger partial charge is 0.253 e. The fourth-order valence-electron chi connectivity index (χ4n) is 4.02. The fraction of sp³-hybridized carbons (Fsp3) is 0.208. The van der Waals surface area contributed by atoms with Gasteiger partial charge in [0, 0.05) is 5.69 Å². The maximum atomic E-state index is 13.3. The van der Waals surface area contributed by atoms with E-state index < -0.39 is 6.04 Å². The Balaban J connectivity index is 1.44. The number of imidazole rings is 1. The van der Waals surface area contributed by atoms with Crippen LogP contribution in [0.2, 0.25) is 0 Å². The van der Waals surface area contributed by atoms with Crippen LogP contribution in [-0.2, 0) is 22.6 Å². The normalized spacial score (nSPS) is 15.5. The lowest BCUT2D eigenvalue weighted by Gasteiger charge is -2.15. The molecule has 0 saturated heterocycles. The van der Waals surface area contributed by atoms with Gasteiger partial charge in [0.1, 0.15) is 11.8 Å². The van der Waals surface area contributed by atoms with Crippen LogP contribution in [0, 0.1) is 0 Å². The Morgan fingerprint density at radius 1 is 1.10 bits per heavy atom. The Kier molecular flexibility index (Phi) is 4.78. The molecular formula is C24H22N4O3. The van der Waals surface area contributed by atoms with Gasteiger partial charge in [0.2, 0.25) is 11.9 Å². The highest BCUT2D eigenvalue weighted by atomic mass is 16.3. The highest BCUT2D eigenvalue weighted by Gasteiger charge is 2.41. The second-order valence-electron chi connectivity index (χ2n) is 7.59. The first-order chi connectivity index (χ1) is 15.1. The summed E-state index contributed by atoms with van der Waals surface area (Å²) in [6.45, 7) is 2.35. The summed E-state index contributed by atoms with van der Waals surface area (Å²) in [5.41, 5.74) is 3.54. The van der Waals surface area contributed by atoms with E-state index in [0.717, 1.165) is 23.1 Å². The lowest BCUT2D eigenvalue weighted by molar-refractivity contribution is -0.124. The number of aromatic nitrogens is 2. The predicted molar refractivity (Wildman–Crippen MR) is 118 cm³/mol. The van der Waals surface area contributed by atoms with Gasteiger partial charge in [0.05, 0.1) is 30.3 Å². The highest BCUT2D eigenvalue weighted by Crippen LogP contribution is 2.37. The first-order valence-corrected chi connectivity index (χ1v) is 10.3. The zero-order valence-electron chi connectivity index (χ0n) is 17.1. The van der Waals surface area contributed by atoms with E-state index in [-0.39, 0.29) is 24.8 Å². The molecule has 0 unspecified atom stereocenters. The average molecular weight is 414 g/mol. The minimum absolute atomic E-state index is 0.0242. The second kappa shape index (κ2) is 7.75. The van der Waals surface area contributed by atoms with Crippen molar-refractivity contribution < 1.29 is 14.0 Å². The fourth-order valence-corrected chi connectivity index (χ4v) is 4.02. The summed E-state index contributed by atoms with van der Waals surface area (Å²) >= 11 is 0. The van der Waals surface area contributed by atoms with Crippen molar-refractivity contribution in [2.45, 2.75) is 32.4 Å². The monoisotopic (exact) mass is 414 g/mol. The Morgan fingerprint density at radius 2 is 1.90 bits per heavy atom. The Labute approximate surface area is 179 Å². The van der Waals surface area contributed by atoms with Gasteiger partial charge < -0.3 is 9.73 Å². The Morgan fingerprint density at radius 3 is 2.65 bits per heavy atom. The average Bonchev–Trinajstić information content (AvgIpc) is 3.48. The van der Waals surface area contributed by atoms with E-state index in [1.165, 1.54) is 5.56 Å². The number of para-hydroxylation sites is 2. The molecule has 1 N–H and O–H groups in total. The number of aryl methyl sites for hydroxylation is 1. The molecule has 2 aromatic heterocycles. The van der Waals surface area contributed by atoms with Gasteiger partial charge in [-0.3, -0.25) is 19.1 Å². The molecule has 7 heteroatoms. The van der Waals surface area contributed by atoms with Gasteiger partial charge in [-0.05, 0) is 48.4 Å². The number of anilines is 2. The standard InChI is InChI=1S/C24H22N4O3/c1-2-16-9-11-17(12-10-16)25-22(29)14-21-23(30)27(15-18-6-5-13-31-18)24-26-19-7-3-4-8-20(19)28(21)24/h3-13,21H,2,14-15H2,1H3,(H,25,29)/t21-/m0/s1. The molecule has 7 nitrogen and oxygen atoms in total. The van der Waals surface area contributed by atoms with Crippen molar-refractivity contribution in [3.8, 4) is 0 Å². The molecule has 1 aliphatic heterocycles. The number of fused-ring (bicyclic) bond motifs is 3. The van der Waals surface area contributed by atoms with Crippen LogP contribution < -0.4 is 10.2 Å². The van der Waals surface area contributed by atoms with Crippen LogP contribution >= 0.6 is 0 Å². The summed E-state index contributed by atoms with van der Waals surface area (Å²) in [4.78, 5) is 32.4. The van der Waals surface area contributed by atoms with Crippen molar-refractivity contribution in [1.82, 2.24) is 9.55 Å². The van der Waals surface area contributed by atoms with Gasteiger partial charge in [-0.1, -0.05) is 31.2 Å². The molecule has 0 fully saturated rings. The molecule has 1 aliphatic rings. The third kappa shape index (κ3) is 3.48. The van der Waals surface area contributed by atoms with Gasteiger partial charge in [-0.2, -0.15) is 0 Å². The van der Waals surface area contributed by atoms with E-state index in [1.807, 2.05) is 59.2 Å². The first-order valence-electron chi connectivity index (χ1n) is 10.3. The number of furan rings is 1. The molecule has 1 atom stereocenters. The summed E-state index contributed by atoms with van der Waals surface area (Å²) in [6.07, 6.45) is 2.54. The molecule has 3 heterocycles. The zero-order valence-corrected chi connectivity index (χ0v) is 17.1. The van der Waals surface area contributed by atoms with E-state index in [4.69, 9.17) is 4.42 Å². The molecule has 156 valence electrons. The molecule has 0 radical (unpaired) electrons. The van der Waals surface area contributed by atoms with Crippen LogP contribution in [-0.4, -0.2) is 21.4 Å². The van der Waals surface area contributed by atoms with Crippen molar-refractivity contribution >= 4 is 34.5 Å². The third-order valence-electron chi connectivity index (χ3n) is 5.60. The minimum Gasteiger partial charge on any atom is -0.467 e. The summed E-state index contributed by atoms with van der Waals surface area (Å²) in [5.74, 6) is 0.813. The molecule has 4 aromatic rings.